The summed E-state index contributed by atoms with van der Waals surface area (Å²) in [6, 6.07) is 0. The van der Waals surface area contributed by atoms with Crippen LogP contribution in [0.1, 0.15) is 26.7 Å². The summed E-state index contributed by atoms with van der Waals surface area (Å²) >= 11 is 0. The Morgan fingerprint density at radius 2 is 2.08 bits per heavy atom. The van der Waals surface area contributed by atoms with Gasteiger partial charge in [0.15, 0.2) is 0 Å². The van der Waals surface area contributed by atoms with E-state index < -0.39 is 0 Å². The molecular formula is C10H14O2. The van der Waals surface area contributed by atoms with Crippen molar-refractivity contribution in [2.24, 2.45) is 11.8 Å². The number of hydrogen-bond donors (Lipinski definition) is 0. The van der Waals surface area contributed by atoms with Crippen molar-refractivity contribution in [1.29, 1.82) is 0 Å². The fraction of sp³-hybridized carbons (Fsp3) is 0.600. The van der Waals surface area contributed by atoms with Crippen LogP contribution in [-0.2, 0) is 9.59 Å². The SMILES string of the molecule is C=C(C)C1CC(=O)C(C(C)=O)C1. The quantitative estimate of drug-likeness (QED) is 0.462. The van der Waals surface area contributed by atoms with Gasteiger partial charge in [-0.05, 0) is 26.2 Å². The summed E-state index contributed by atoms with van der Waals surface area (Å²) < 4.78 is 0. The van der Waals surface area contributed by atoms with Crippen molar-refractivity contribution < 1.29 is 9.59 Å². The molecule has 0 N–H and O–H groups in total. The van der Waals surface area contributed by atoms with Crippen LogP contribution in [0.2, 0.25) is 0 Å². The molecule has 0 saturated heterocycles. The van der Waals surface area contributed by atoms with Crippen LogP contribution in [0, 0.1) is 11.8 Å². The maximum atomic E-state index is 11.3. The van der Waals surface area contributed by atoms with Gasteiger partial charge in [-0.1, -0.05) is 12.2 Å². The van der Waals surface area contributed by atoms with E-state index in [0.29, 0.717) is 12.8 Å². The van der Waals surface area contributed by atoms with Gasteiger partial charge in [-0.3, -0.25) is 9.59 Å². The molecule has 0 amide bonds. The third-order valence-corrected chi connectivity index (χ3v) is 2.54. The van der Waals surface area contributed by atoms with Crippen LogP contribution in [0.5, 0.6) is 0 Å². The molecule has 2 heteroatoms. The molecule has 1 fully saturated rings. The van der Waals surface area contributed by atoms with Crippen LogP contribution >= 0.6 is 0 Å². The van der Waals surface area contributed by atoms with Crippen LogP contribution in [0.4, 0.5) is 0 Å². The largest absolute Gasteiger partial charge is 0.299 e. The Hall–Kier alpha value is -0.920. The van der Waals surface area contributed by atoms with E-state index in [-0.39, 0.29) is 23.4 Å². The van der Waals surface area contributed by atoms with Crippen LogP contribution in [0.25, 0.3) is 0 Å². The van der Waals surface area contributed by atoms with E-state index in [9.17, 15) is 9.59 Å². The Morgan fingerprint density at radius 1 is 1.50 bits per heavy atom. The molecule has 0 aromatic rings. The van der Waals surface area contributed by atoms with E-state index in [2.05, 4.69) is 6.58 Å². The Kier molecular flexibility index (Phi) is 2.46. The first-order valence-corrected chi connectivity index (χ1v) is 4.21. The fourth-order valence-corrected chi connectivity index (χ4v) is 1.65. The number of carbonyl (C=O) groups excluding carboxylic acids is 2. The highest BCUT2D eigenvalue weighted by atomic mass is 16.1. The molecule has 0 heterocycles. The molecule has 12 heavy (non-hydrogen) atoms. The maximum absolute atomic E-state index is 11.3. The first-order chi connectivity index (χ1) is 5.52. The van der Waals surface area contributed by atoms with Crippen molar-refractivity contribution >= 4 is 11.6 Å². The van der Waals surface area contributed by atoms with Gasteiger partial charge in [-0.25, -0.2) is 0 Å². The van der Waals surface area contributed by atoms with Crippen LogP contribution in [-0.4, -0.2) is 11.6 Å². The summed E-state index contributed by atoms with van der Waals surface area (Å²) in [5, 5.41) is 0. The maximum Gasteiger partial charge on any atom is 0.143 e. The van der Waals surface area contributed by atoms with Gasteiger partial charge in [0.2, 0.25) is 0 Å². The number of Topliss-reactive ketones (excluding diaryl/α,β-unsaturated/α-hetero) is 2. The molecule has 1 aliphatic rings. The molecule has 0 aromatic heterocycles. The zero-order valence-electron chi connectivity index (χ0n) is 7.59. The van der Waals surface area contributed by atoms with E-state index in [0.717, 1.165) is 5.57 Å². The van der Waals surface area contributed by atoms with Crippen molar-refractivity contribution in [2.45, 2.75) is 26.7 Å². The summed E-state index contributed by atoms with van der Waals surface area (Å²) in [6.07, 6.45) is 1.20. The Balaban J connectivity index is 2.68. The van der Waals surface area contributed by atoms with E-state index in [1.165, 1.54) is 6.92 Å². The second-order valence-electron chi connectivity index (χ2n) is 3.61. The number of carbonyl (C=O) groups is 2. The van der Waals surface area contributed by atoms with Crippen molar-refractivity contribution in [3.63, 3.8) is 0 Å². The standard InChI is InChI=1S/C10H14O2/c1-6(2)8-4-9(7(3)11)10(12)5-8/h8-9H,1,4-5H2,2-3H3. The lowest BCUT2D eigenvalue weighted by Gasteiger charge is -2.06. The molecule has 2 atom stereocenters. The third-order valence-electron chi connectivity index (χ3n) is 2.54. The van der Waals surface area contributed by atoms with Crippen molar-refractivity contribution in [3.8, 4) is 0 Å². The van der Waals surface area contributed by atoms with Crippen molar-refractivity contribution in [3.05, 3.63) is 12.2 Å². The van der Waals surface area contributed by atoms with Gasteiger partial charge >= 0.3 is 0 Å². The molecular weight excluding hydrogens is 152 g/mol. The van der Waals surface area contributed by atoms with Crippen molar-refractivity contribution in [1.82, 2.24) is 0 Å². The lowest BCUT2D eigenvalue weighted by atomic mass is 9.97. The Bertz CT molecular complexity index is 240. The zero-order chi connectivity index (χ0) is 9.30. The minimum absolute atomic E-state index is 0.00347. The molecule has 2 nitrogen and oxygen atoms in total. The second kappa shape index (κ2) is 3.21. The molecule has 66 valence electrons. The Labute approximate surface area is 72.7 Å². The van der Waals surface area contributed by atoms with Gasteiger partial charge in [0, 0.05) is 6.42 Å². The van der Waals surface area contributed by atoms with Gasteiger partial charge in [0.1, 0.15) is 11.6 Å². The summed E-state index contributed by atoms with van der Waals surface area (Å²) in [7, 11) is 0. The minimum atomic E-state index is -0.341. The molecule has 2 unspecified atom stereocenters. The molecule has 0 radical (unpaired) electrons. The lowest BCUT2D eigenvalue weighted by molar-refractivity contribution is -0.129. The third kappa shape index (κ3) is 1.63. The predicted octanol–water partition coefficient (Wildman–Crippen LogP) is 1.75. The highest BCUT2D eigenvalue weighted by molar-refractivity contribution is 6.03. The van der Waals surface area contributed by atoms with Crippen molar-refractivity contribution in [2.75, 3.05) is 0 Å². The predicted molar refractivity (Wildman–Crippen MR) is 46.7 cm³/mol. The highest BCUT2D eigenvalue weighted by Crippen LogP contribution is 2.32. The molecule has 0 aromatic carbocycles. The van der Waals surface area contributed by atoms with Gasteiger partial charge in [0.05, 0.1) is 5.92 Å². The van der Waals surface area contributed by atoms with Gasteiger partial charge < -0.3 is 0 Å². The molecule has 1 rings (SSSR count). The van der Waals surface area contributed by atoms with Crippen LogP contribution < -0.4 is 0 Å². The summed E-state index contributed by atoms with van der Waals surface area (Å²) in [4.78, 5) is 22.2. The average molecular weight is 166 g/mol. The minimum Gasteiger partial charge on any atom is -0.299 e. The lowest BCUT2D eigenvalue weighted by Crippen LogP contribution is -2.14. The summed E-state index contributed by atoms with van der Waals surface area (Å²) in [5.74, 6) is -0.00245. The molecule has 0 spiro atoms. The first kappa shape index (κ1) is 9.17. The van der Waals surface area contributed by atoms with E-state index in [1.807, 2.05) is 6.92 Å². The van der Waals surface area contributed by atoms with Gasteiger partial charge in [-0.15, -0.1) is 0 Å². The fourth-order valence-electron chi connectivity index (χ4n) is 1.65. The summed E-state index contributed by atoms with van der Waals surface area (Å²) in [6.45, 7) is 7.21. The monoisotopic (exact) mass is 166 g/mol. The first-order valence-electron chi connectivity index (χ1n) is 4.21. The van der Waals surface area contributed by atoms with Gasteiger partial charge in [0.25, 0.3) is 0 Å². The molecule has 0 bridgehead atoms. The Morgan fingerprint density at radius 3 is 2.33 bits per heavy atom. The average Bonchev–Trinajstić information content (AvgIpc) is 2.30. The topological polar surface area (TPSA) is 34.1 Å². The number of rotatable bonds is 2. The zero-order valence-corrected chi connectivity index (χ0v) is 7.59. The molecule has 0 aliphatic heterocycles. The highest BCUT2D eigenvalue weighted by Gasteiger charge is 2.35. The number of ketones is 2. The van der Waals surface area contributed by atoms with E-state index >= 15 is 0 Å². The molecule has 1 saturated carbocycles. The normalized spacial score (nSPS) is 29.0. The second-order valence-corrected chi connectivity index (χ2v) is 3.61. The van der Waals surface area contributed by atoms with E-state index in [4.69, 9.17) is 0 Å². The van der Waals surface area contributed by atoms with Gasteiger partial charge in [-0.2, -0.15) is 0 Å². The van der Waals surface area contributed by atoms with E-state index in [1.54, 1.807) is 0 Å². The number of allylic oxidation sites excluding steroid dienone is 1. The van der Waals surface area contributed by atoms with Crippen LogP contribution in [0.3, 0.4) is 0 Å². The number of hydrogen-bond acceptors (Lipinski definition) is 2. The summed E-state index contributed by atoms with van der Waals surface area (Å²) in [5.41, 5.74) is 1.02. The van der Waals surface area contributed by atoms with Crippen LogP contribution in [0.15, 0.2) is 12.2 Å². The molecule has 1 aliphatic carbocycles. The smallest absolute Gasteiger partial charge is 0.143 e.